The fourth-order valence-corrected chi connectivity index (χ4v) is 3.21. The molecule has 2 fully saturated rings. The highest BCUT2D eigenvalue weighted by Gasteiger charge is 2.41. The molecule has 5 nitrogen and oxygen atoms in total. The third-order valence-corrected chi connectivity index (χ3v) is 4.67. The minimum absolute atomic E-state index is 0. The molecule has 1 aromatic rings. The van der Waals surface area contributed by atoms with Crippen LogP contribution >= 0.6 is 12.4 Å². The second-order valence-electron chi connectivity index (χ2n) is 6.18. The fourth-order valence-electron chi connectivity index (χ4n) is 3.21. The number of hydrogen-bond donors (Lipinski definition) is 0. The Morgan fingerprint density at radius 3 is 2.35 bits per heavy atom. The minimum atomic E-state index is -0.239. The first-order valence-electron chi connectivity index (χ1n) is 7.96. The topological polar surface area (TPSA) is 43.9 Å². The molecule has 0 aromatic heterocycles. The van der Waals surface area contributed by atoms with Gasteiger partial charge in [-0.05, 0) is 19.0 Å². The molecule has 126 valence electrons. The maximum absolute atomic E-state index is 12.6. The Morgan fingerprint density at radius 1 is 1.04 bits per heavy atom. The average Bonchev–Trinajstić information content (AvgIpc) is 2.82. The van der Waals surface area contributed by atoms with Crippen molar-refractivity contribution in [3.05, 3.63) is 35.9 Å². The molecule has 0 aliphatic carbocycles. The molecule has 0 spiro atoms. The van der Waals surface area contributed by atoms with Crippen LogP contribution in [0.5, 0.6) is 0 Å². The van der Waals surface area contributed by atoms with E-state index in [4.69, 9.17) is 0 Å². The molecule has 2 amide bonds. The molecule has 1 atom stereocenters. The minimum Gasteiger partial charge on any atom is -0.304 e. The van der Waals surface area contributed by atoms with Gasteiger partial charge in [-0.1, -0.05) is 30.3 Å². The van der Waals surface area contributed by atoms with E-state index in [1.807, 2.05) is 30.3 Å². The van der Waals surface area contributed by atoms with Gasteiger partial charge in [0.2, 0.25) is 11.8 Å². The van der Waals surface area contributed by atoms with Crippen LogP contribution < -0.4 is 0 Å². The van der Waals surface area contributed by atoms with E-state index in [1.165, 1.54) is 4.90 Å². The van der Waals surface area contributed by atoms with E-state index < -0.39 is 0 Å². The van der Waals surface area contributed by atoms with Gasteiger partial charge in [0.1, 0.15) is 0 Å². The van der Waals surface area contributed by atoms with Crippen molar-refractivity contribution in [2.24, 2.45) is 0 Å². The molecule has 2 aliphatic heterocycles. The Kier molecular flexibility index (Phi) is 6.16. The van der Waals surface area contributed by atoms with E-state index in [2.05, 4.69) is 16.8 Å². The number of nitrogens with zero attached hydrogens (tertiary/aromatic N) is 3. The zero-order valence-corrected chi connectivity index (χ0v) is 14.3. The summed E-state index contributed by atoms with van der Waals surface area (Å²) in [5.41, 5.74) is 1.16. The van der Waals surface area contributed by atoms with Crippen LogP contribution in [0.2, 0.25) is 0 Å². The summed E-state index contributed by atoms with van der Waals surface area (Å²) < 4.78 is 0. The van der Waals surface area contributed by atoms with Crippen molar-refractivity contribution in [3.8, 4) is 0 Å². The number of likely N-dealkylation sites (tertiary alicyclic amines) is 1. The van der Waals surface area contributed by atoms with Crippen molar-refractivity contribution in [2.75, 3.05) is 39.8 Å². The van der Waals surface area contributed by atoms with Gasteiger partial charge in [0, 0.05) is 32.7 Å². The zero-order valence-electron chi connectivity index (χ0n) is 13.5. The van der Waals surface area contributed by atoms with Crippen LogP contribution in [-0.2, 0) is 16.0 Å². The van der Waals surface area contributed by atoms with Crippen molar-refractivity contribution in [3.63, 3.8) is 0 Å². The van der Waals surface area contributed by atoms with Gasteiger partial charge >= 0.3 is 0 Å². The molecule has 0 bridgehead atoms. The molecule has 0 N–H and O–H groups in total. The Balaban J connectivity index is 0.00000192. The highest BCUT2D eigenvalue weighted by atomic mass is 35.5. The maximum atomic E-state index is 12.6. The van der Waals surface area contributed by atoms with Crippen molar-refractivity contribution in [2.45, 2.75) is 18.9 Å². The SMILES string of the molecule is CN1CCN(C2CC(=O)N(CCc3ccccc3)C2=O)CC1.Cl. The van der Waals surface area contributed by atoms with Crippen LogP contribution in [0, 0.1) is 0 Å². The first-order chi connectivity index (χ1) is 10.6. The number of rotatable bonds is 4. The summed E-state index contributed by atoms with van der Waals surface area (Å²) in [6, 6.07) is 9.76. The molecule has 0 saturated carbocycles. The Hall–Kier alpha value is -1.43. The summed E-state index contributed by atoms with van der Waals surface area (Å²) in [5.74, 6) is -0.0321. The van der Waals surface area contributed by atoms with Crippen LogP contribution in [0.15, 0.2) is 30.3 Å². The summed E-state index contributed by atoms with van der Waals surface area (Å²) in [5, 5.41) is 0. The van der Waals surface area contributed by atoms with Gasteiger partial charge < -0.3 is 4.90 Å². The van der Waals surface area contributed by atoms with E-state index in [0.29, 0.717) is 13.0 Å². The summed E-state index contributed by atoms with van der Waals surface area (Å²) in [7, 11) is 2.09. The van der Waals surface area contributed by atoms with Crippen LogP contribution in [0.25, 0.3) is 0 Å². The van der Waals surface area contributed by atoms with Gasteiger partial charge in [-0.15, -0.1) is 12.4 Å². The van der Waals surface area contributed by atoms with Crippen LogP contribution in [0.3, 0.4) is 0 Å². The summed E-state index contributed by atoms with van der Waals surface area (Å²) in [6.45, 7) is 4.15. The van der Waals surface area contributed by atoms with Gasteiger partial charge in [-0.25, -0.2) is 0 Å². The second-order valence-corrected chi connectivity index (χ2v) is 6.18. The number of benzene rings is 1. The molecule has 0 radical (unpaired) electrons. The number of likely N-dealkylation sites (N-methyl/N-ethyl adjacent to an activating group) is 1. The highest BCUT2D eigenvalue weighted by molar-refractivity contribution is 6.05. The highest BCUT2D eigenvalue weighted by Crippen LogP contribution is 2.20. The largest absolute Gasteiger partial charge is 0.304 e. The standard InChI is InChI=1S/C17H23N3O2.ClH/c1-18-9-11-19(12-10-18)15-13-16(21)20(17(15)22)8-7-14-5-3-2-4-6-14;/h2-6,15H,7-13H2,1H3;1H. The molecule has 23 heavy (non-hydrogen) atoms. The molecule has 2 saturated heterocycles. The molecule has 1 aromatic carbocycles. The van der Waals surface area contributed by atoms with Crippen LogP contribution in [0.1, 0.15) is 12.0 Å². The number of carbonyl (C=O) groups excluding carboxylic acids is 2. The van der Waals surface area contributed by atoms with Gasteiger partial charge in [0.25, 0.3) is 0 Å². The molecule has 3 rings (SSSR count). The Morgan fingerprint density at radius 2 is 1.70 bits per heavy atom. The van der Waals surface area contributed by atoms with E-state index >= 15 is 0 Å². The van der Waals surface area contributed by atoms with Crippen LogP contribution in [0.4, 0.5) is 0 Å². The fraction of sp³-hybridized carbons (Fsp3) is 0.529. The number of hydrogen-bond acceptors (Lipinski definition) is 4. The Labute approximate surface area is 143 Å². The molecule has 2 aliphatic rings. The molecular formula is C17H24ClN3O2. The van der Waals surface area contributed by atoms with Gasteiger partial charge in [-0.2, -0.15) is 0 Å². The Bertz CT molecular complexity index is 544. The predicted octanol–water partition coefficient (Wildman–Crippen LogP) is 1.03. The predicted molar refractivity (Wildman–Crippen MR) is 91.6 cm³/mol. The maximum Gasteiger partial charge on any atom is 0.247 e. The lowest BCUT2D eigenvalue weighted by Crippen LogP contribution is -2.51. The van der Waals surface area contributed by atoms with E-state index in [1.54, 1.807) is 0 Å². The number of carbonyl (C=O) groups is 2. The number of halogens is 1. The third-order valence-electron chi connectivity index (χ3n) is 4.67. The first kappa shape index (κ1) is 17.9. The monoisotopic (exact) mass is 337 g/mol. The van der Waals surface area contributed by atoms with Crippen molar-refractivity contribution in [1.29, 1.82) is 0 Å². The van der Waals surface area contributed by atoms with E-state index in [-0.39, 0.29) is 30.3 Å². The molecule has 2 heterocycles. The van der Waals surface area contributed by atoms with Crippen molar-refractivity contribution >= 4 is 24.2 Å². The average molecular weight is 338 g/mol. The third kappa shape index (κ3) is 4.10. The quantitative estimate of drug-likeness (QED) is 0.770. The van der Waals surface area contributed by atoms with Gasteiger partial charge in [0.05, 0.1) is 12.5 Å². The lowest BCUT2D eigenvalue weighted by Gasteiger charge is -2.35. The molecular weight excluding hydrogens is 314 g/mol. The summed E-state index contributed by atoms with van der Waals surface area (Å²) in [6.07, 6.45) is 1.07. The zero-order chi connectivity index (χ0) is 15.5. The number of amides is 2. The van der Waals surface area contributed by atoms with E-state index in [9.17, 15) is 9.59 Å². The smallest absolute Gasteiger partial charge is 0.247 e. The normalized spacial score (nSPS) is 23.2. The second kappa shape index (κ2) is 7.90. The molecule has 1 unspecified atom stereocenters. The van der Waals surface area contributed by atoms with E-state index in [0.717, 1.165) is 38.2 Å². The van der Waals surface area contributed by atoms with Crippen molar-refractivity contribution < 1.29 is 9.59 Å². The molecule has 6 heteroatoms. The number of piperazine rings is 1. The van der Waals surface area contributed by atoms with Crippen molar-refractivity contribution in [1.82, 2.24) is 14.7 Å². The first-order valence-corrected chi connectivity index (χ1v) is 7.96. The van der Waals surface area contributed by atoms with Crippen LogP contribution in [-0.4, -0.2) is 72.3 Å². The summed E-state index contributed by atoms with van der Waals surface area (Å²) in [4.78, 5) is 30.6. The lowest BCUT2D eigenvalue weighted by atomic mass is 10.1. The summed E-state index contributed by atoms with van der Waals surface area (Å²) >= 11 is 0. The van der Waals surface area contributed by atoms with Gasteiger partial charge in [-0.3, -0.25) is 19.4 Å². The van der Waals surface area contributed by atoms with Gasteiger partial charge in [0.15, 0.2) is 0 Å². The number of imide groups is 1. The lowest BCUT2D eigenvalue weighted by molar-refractivity contribution is -0.139.